The van der Waals surface area contributed by atoms with Crippen LogP contribution in [0.1, 0.15) is 78.1 Å². The topological polar surface area (TPSA) is 123 Å². The minimum atomic E-state index is -4.69. The fourth-order valence-electron chi connectivity index (χ4n) is 2.07. The standard InChI is InChI=1S/C15H30N2O6S2/c1-3-5-7-9-11-13-22-24(18,19)15(17-16)25(20,21)23-14-12-10-8-6-4-2/h3-14H2,1-2H3. The second-order valence-corrected chi connectivity index (χ2v) is 9.07. The minimum Gasteiger partial charge on any atom is -0.359 e. The van der Waals surface area contributed by atoms with Crippen LogP contribution in [0.4, 0.5) is 0 Å². The zero-order valence-corrected chi connectivity index (χ0v) is 16.8. The van der Waals surface area contributed by atoms with Gasteiger partial charge in [-0.3, -0.25) is 8.37 Å². The maximum absolute atomic E-state index is 11.9. The summed E-state index contributed by atoms with van der Waals surface area (Å²) in [5.74, 6) is 0. The fraction of sp³-hybridized carbons (Fsp3) is 0.933. The Morgan fingerprint density at radius 2 is 1.08 bits per heavy atom. The summed E-state index contributed by atoms with van der Waals surface area (Å²) in [6.07, 6.45) is 8.55. The predicted molar refractivity (Wildman–Crippen MR) is 95.9 cm³/mol. The van der Waals surface area contributed by atoms with Crippen molar-refractivity contribution in [2.24, 2.45) is 0 Å². The van der Waals surface area contributed by atoms with Crippen molar-refractivity contribution in [3.63, 3.8) is 0 Å². The molecular formula is C15H30N2O6S2. The van der Waals surface area contributed by atoms with E-state index in [0.717, 1.165) is 51.4 Å². The van der Waals surface area contributed by atoms with Gasteiger partial charge in [0.15, 0.2) is 0 Å². The van der Waals surface area contributed by atoms with Gasteiger partial charge in [-0.25, -0.2) is 0 Å². The summed E-state index contributed by atoms with van der Waals surface area (Å²) in [5.41, 5.74) is 8.81. The lowest BCUT2D eigenvalue weighted by molar-refractivity contribution is 0.00180. The normalized spacial score (nSPS) is 12.1. The largest absolute Gasteiger partial charge is 0.546 e. The summed E-state index contributed by atoms with van der Waals surface area (Å²) < 4.78 is 55.4. The predicted octanol–water partition coefficient (Wildman–Crippen LogP) is 3.21. The molecule has 0 spiro atoms. The molecule has 0 saturated heterocycles. The van der Waals surface area contributed by atoms with E-state index >= 15 is 0 Å². The number of hydrogen-bond acceptors (Lipinski definition) is 6. The van der Waals surface area contributed by atoms with Crippen molar-refractivity contribution in [2.45, 2.75) is 78.1 Å². The van der Waals surface area contributed by atoms with Crippen molar-refractivity contribution in [3.8, 4) is 0 Å². The van der Waals surface area contributed by atoms with Gasteiger partial charge in [0, 0.05) is 0 Å². The quantitative estimate of drug-likeness (QED) is 0.110. The number of nitrogens with zero attached hydrogens (tertiary/aromatic N) is 2. The van der Waals surface area contributed by atoms with E-state index < -0.39 is 24.6 Å². The van der Waals surface area contributed by atoms with Gasteiger partial charge < -0.3 is 5.53 Å². The average Bonchev–Trinajstić information content (AvgIpc) is 2.54. The van der Waals surface area contributed by atoms with Gasteiger partial charge in [-0.05, 0) is 12.8 Å². The average molecular weight is 399 g/mol. The zero-order chi connectivity index (χ0) is 19.2. The Kier molecular flexibility index (Phi) is 13.0. The van der Waals surface area contributed by atoms with Crippen molar-refractivity contribution in [1.82, 2.24) is 0 Å². The Hall–Kier alpha value is -0.800. The molecule has 0 fully saturated rings. The van der Waals surface area contributed by atoms with E-state index in [-0.39, 0.29) is 13.2 Å². The fourth-order valence-corrected chi connectivity index (χ4v) is 4.44. The van der Waals surface area contributed by atoms with Crippen LogP contribution in [0, 0.1) is 0 Å². The molecule has 0 radical (unpaired) electrons. The first-order valence-corrected chi connectivity index (χ1v) is 11.6. The van der Waals surface area contributed by atoms with Gasteiger partial charge in [0.05, 0.1) is 13.2 Å². The molecule has 0 aromatic heterocycles. The maximum atomic E-state index is 11.9. The molecule has 0 aromatic rings. The van der Waals surface area contributed by atoms with E-state index in [9.17, 15) is 16.8 Å². The van der Waals surface area contributed by atoms with Gasteiger partial charge in [0.25, 0.3) is 0 Å². The molecule has 8 nitrogen and oxygen atoms in total. The third-order valence-electron chi connectivity index (χ3n) is 3.48. The number of unbranched alkanes of at least 4 members (excludes halogenated alkanes) is 8. The van der Waals surface area contributed by atoms with E-state index in [4.69, 9.17) is 5.53 Å². The van der Waals surface area contributed by atoms with Crippen LogP contribution in [0.5, 0.6) is 0 Å². The Morgan fingerprint density at radius 3 is 1.40 bits per heavy atom. The van der Waals surface area contributed by atoms with Crippen LogP contribution >= 0.6 is 0 Å². The first-order valence-electron chi connectivity index (χ1n) is 8.82. The highest BCUT2D eigenvalue weighted by Gasteiger charge is 2.44. The lowest BCUT2D eigenvalue weighted by Crippen LogP contribution is -2.29. The van der Waals surface area contributed by atoms with Crippen molar-refractivity contribution in [2.75, 3.05) is 13.2 Å². The number of hydrogen-bond donors (Lipinski definition) is 0. The van der Waals surface area contributed by atoms with Crippen LogP contribution < -0.4 is 0 Å². The summed E-state index contributed by atoms with van der Waals surface area (Å²) in [6, 6.07) is 0. The Balaban J connectivity index is 4.48. The van der Waals surface area contributed by atoms with Crippen molar-refractivity contribution >= 4 is 24.6 Å². The molecule has 0 unspecified atom stereocenters. The first kappa shape index (κ1) is 24.2. The maximum Gasteiger partial charge on any atom is 0.546 e. The SMILES string of the molecule is CCCCCCCOS(=O)(=O)C(=[N+]=[N-])S(=O)(=O)OCCCCCCC. The summed E-state index contributed by atoms with van der Waals surface area (Å²) >= 11 is 0. The molecule has 0 aliphatic carbocycles. The van der Waals surface area contributed by atoms with Crippen LogP contribution in [0.3, 0.4) is 0 Å². The highest BCUT2D eigenvalue weighted by molar-refractivity contribution is 8.27. The molecule has 0 heterocycles. The molecule has 148 valence electrons. The van der Waals surface area contributed by atoms with Crippen molar-refractivity contribution in [3.05, 3.63) is 5.53 Å². The van der Waals surface area contributed by atoms with E-state index in [1.807, 2.05) is 0 Å². The van der Waals surface area contributed by atoms with Crippen LogP contribution in [0.25, 0.3) is 5.53 Å². The third kappa shape index (κ3) is 10.7. The Labute approximate surface area is 151 Å². The molecule has 0 N–H and O–H groups in total. The van der Waals surface area contributed by atoms with E-state index in [0.29, 0.717) is 12.8 Å². The van der Waals surface area contributed by atoms with Crippen molar-refractivity contribution < 1.29 is 30.0 Å². The van der Waals surface area contributed by atoms with Gasteiger partial charge in [-0.1, -0.05) is 65.2 Å². The number of rotatable bonds is 14. The summed E-state index contributed by atoms with van der Waals surface area (Å²) in [7, 11) is -9.37. The molecule has 0 aromatic carbocycles. The van der Waals surface area contributed by atoms with E-state index in [1.54, 1.807) is 0 Å². The molecule has 0 aliphatic rings. The highest BCUT2D eigenvalue weighted by Crippen LogP contribution is 2.10. The van der Waals surface area contributed by atoms with Gasteiger partial charge in [-0.15, -0.1) is 4.79 Å². The minimum absolute atomic E-state index is 0.169. The van der Waals surface area contributed by atoms with Gasteiger partial charge >= 0.3 is 24.6 Å². The molecule has 10 heteroatoms. The van der Waals surface area contributed by atoms with Crippen LogP contribution in [0.2, 0.25) is 0 Å². The molecule has 0 bridgehead atoms. The lowest BCUT2D eigenvalue weighted by Gasteiger charge is -2.04. The molecule has 0 rings (SSSR count). The van der Waals surface area contributed by atoms with E-state index in [1.165, 1.54) is 0 Å². The molecule has 25 heavy (non-hydrogen) atoms. The monoisotopic (exact) mass is 398 g/mol. The third-order valence-corrected chi connectivity index (χ3v) is 6.68. The van der Waals surface area contributed by atoms with Gasteiger partial charge in [0.1, 0.15) is 0 Å². The zero-order valence-electron chi connectivity index (χ0n) is 15.1. The summed E-state index contributed by atoms with van der Waals surface area (Å²) in [4.78, 5) is 2.38. The Morgan fingerprint density at radius 1 is 0.720 bits per heavy atom. The lowest BCUT2D eigenvalue weighted by atomic mass is 10.2. The van der Waals surface area contributed by atoms with Gasteiger partial charge in [0.2, 0.25) is 0 Å². The second kappa shape index (κ2) is 13.4. The van der Waals surface area contributed by atoms with Crippen LogP contribution in [-0.2, 0) is 28.6 Å². The summed E-state index contributed by atoms with van der Waals surface area (Å²) in [5, 5.41) is 0. The van der Waals surface area contributed by atoms with E-state index in [2.05, 4.69) is 27.0 Å². The Bertz CT molecular complexity index is 562. The molecule has 0 amide bonds. The smallest absolute Gasteiger partial charge is 0.359 e. The molecule has 0 aliphatic heterocycles. The summed E-state index contributed by atoms with van der Waals surface area (Å²) in [6.45, 7) is 3.77. The van der Waals surface area contributed by atoms with Crippen LogP contribution in [-0.4, -0.2) is 39.2 Å². The molecule has 0 saturated carbocycles. The highest BCUT2D eigenvalue weighted by atomic mass is 32.3. The second-order valence-electron chi connectivity index (χ2n) is 5.75. The van der Waals surface area contributed by atoms with Crippen LogP contribution in [0.15, 0.2) is 0 Å². The van der Waals surface area contributed by atoms with Gasteiger partial charge in [-0.2, -0.15) is 16.8 Å². The molecular weight excluding hydrogens is 368 g/mol. The first-order chi connectivity index (χ1) is 11.8. The van der Waals surface area contributed by atoms with Crippen molar-refractivity contribution in [1.29, 1.82) is 0 Å². The molecule has 0 atom stereocenters.